The third-order valence-corrected chi connectivity index (χ3v) is 2.15. The van der Waals surface area contributed by atoms with Gasteiger partial charge in [0.1, 0.15) is 0 Å². The van der Waals surface area contributed by atoms with Crippen molar-refractivity contribution in [3.8, 4) is 0 Å². The molecule has 0 aromatic rings. The van der Waals surface area contributed by atoms with Gasteiger partial charge in [-0.2, -0.15) is 0 Å². The maximum atomic E-state index is 10.7. The number of carbonyl (C=O) groups excluding carboxylic acids is 1. The number of nitrogens with one attached hydrogen (secondary N) is 1. The van der Waals surface area contributed by atoms with E-state index in [2.05, 4.69) is 25.0 Å². The lowest BCUT2D eigenvalue weighted by atomic mass is 10.6. The van der Waals surface area contributed by atoms with Crippen LogP contribution >= 0.6 is 0 Å². The van der Waals surface area contributed by atoms with Crippen molar-refractivity contribution in [2.45, 2.75) is 19.6 Å². The van der Waals surface area contributed by atoms with Crippen LogP contribution in [0.3, 0.4) is 0 Å². The van der Waals surface area contributed by atoms with Crippen molar-refractivity contribution in [3.05, 3.63) is 11.8 Å². The highest BCUT2D eigenvalue weighted by Crippen LogP contribution is 2.00. The minimum Gasteiger partial charge on any atom is -0.356 e. The number of amides is 1. The van der Waals surface area contributed by atoms with E-state index < -0.39 is 8.07 Å². The van der Waals surface area contributed by atoms with Crippen LogP contribution in [-0.4, -0.2) is 21.0 Å². The zero-order valence-corrected chi connectivity index (χ0v) is 8.06. The summed E-state index contributed by atoms with van der Waals surface area (Å²) in [6.45, 7) is 6.56. The number of carbonyl (C=O) groups is 1. The molecular weight excluding hydrogens is 142 g/mol. The van der Waals surface area contributed by atoms with E-state index >= 15 is 0 Å². The van der Waals surface area contributed by atoms with Gasteiger partial charge >= 0.3 is 0 Å². The van der Waals surface area contributed by atoms with Crippen LogP contribution in [0.1, 0.15) is 0 Å². The first-order valence-corrected chi connectivity index (χ1v) is 6.94. The van der Waals surface area contributed by atoms with Crippen LogP contribution in [0.15, 0.2) is 11.8 Å². The first-order chi connectivity index (χ1) is 4.45. The molecule has 0 aromatic carbocycles. The Labute approximate surface area is 63.3 Å². The Balaban J connectivity index is 3.88. The molecule has 3 heteroatoms. The summed E-state index contributed by atoms with van der Waals surface area (Å²) in [6.07, 6.45) is 1.62. The summed E-state index contributed by atoms with van der Waals surface area (Å²) >= 11 is 0. The summed E-state index contributed by atoms with van der Waals surface area (Å²) in [5, 5.41) is 2.53. The summed E-state index contributed by atoms with van der Waals surface area (Å²) in [5.74, 6) is -0.0116. The van der Waals surface area contributed by atoms with Gasteiger partial charge in [0.25, 0.3) is 0 Å². The molecule has 58 valence electrons. The fourth-order valence-corrected chi connectivity index (χ4v) is 1.06. The van der Waals surface area contributed by atoms with E-state index in [1.807, 2.05) is 5.70 Å². The molecule has 0 spiro atoms. The molecule has 0 aliphatic rings. The van der Waals surface area contributed by atoms with Crippen LogP contribution in [0.2, 0.25) is 19.6 Å². The number of hydrogen-bond acceptors (Lipinski definition) is 1. The topological polar surface area (TPSA) is 29.1 Å². The fourth-order valence-electron chi connectivity index (χ4n) is 0.409. The predicted molar refractivity (Wildman–Crippen MR) is 46.6 cm³/mol. The van der Waals surface area contributed by atoms with Gasteiger partial charge in [-0.15, -0.1) is 0 Å². The monoisotopic (exact) mass is 157 g/mol. The third kappa shape index (κ3) is 5.56. The van der Waals surface area contributed by atoms with E-state index in [9.17, 15) is 4.79 Å². The molecule has 0 bridgehead atoms. The highest BCUT2D eigenvalue weighted by molar-refractivity contribution is 6.81. The highest BCUT2D eigenvalue weighted by atomic mass is 28.3. The smallest absolute Gasteiger partial charge is 0.243 e. The summed E-state index contributed by atoms with van der Waals surface area (Å²) in [4.78, 5) is 10.7. The zero-order valence-electron chi connectivity index (χ0n) is 7.06. The molecule has 0 aliphatic heterocycles. The molecule has 0 fully saturated rings. The van der Waals surface area contributed by atoms with Gasteiger partial charge in [0.2, 0.25) is 5.91 Å². The lowest BCUT2D eigenvalue weighted by Gasteiger charge is -2.07. The summed E-state index contributed by atoms with van der Waals surface area (Å²) in [7, 11) is 0.458. The van der Waals surface area contributed by atoms with Crippen molar-refractivity contribution in [2.75, 3.05) is 7.05 Å². The first kappa shape index (κ1) is 9.43. The molecular formula is C7H15NOSi. The second-order valence-corrected chi connectivity index (χ2v) is 8.38. The number of hydrogen-bond donors (Lipinski definition) is 1. The Bertz CT molecular complexity index is 146. The van der Waals surface area contributed by atoms with Crippen molar-refractivity contribution in [3.63, 3.8) is 0 Å². The fraction of sp³-hybridized carbons (Fsp3) is 0.571. The first-order valence-electron chi connectivity index (χ1n) is 3.36. The number of rotatable bonds is 2. The second kappa shape index (κ2) is 3.56. The molecule has 10 heavy (non-hydrogen) atoms. The van der Waals surface area contributed by atoms with Gasteiger partial charge in [-0.25, -0.2) is 0 Å². The highest BCUT2D eigenvalue weighted by Gasteiger charge is 2.07. The molecule has 0 aromatic heterocycles. The van der Waals surface area contributed by atoms with Crippen molar-refractivity contribution < 1.29 is 4.79 Å². The number of likely N-dealkylation sites (N-methyl/N-ethyl adjacent to an activating group) is 1. The van der Waals surface area contributed by atoms with E-state index in [-0.39, 0.29) is 5.91 Å². The minimum atomic E-state index is -1.18. The summed E-state index contributed by atoms with van der Waals surface area (Å²) in [6, 6.07) is 0. The molecule has 1 amide bonds. The molecule has 0 aliphatic carbocycles. The van der Waals surface area contributed by atoms with Crippen molar-refractivity contribution in [2.24, 2.45) is 0 Å². The summed E-state index contributed by atoms with van der Waals surface area (Å²) < 4.78 is 0. The predicted octanol–water partition coefficient (Wildman–Crippen LogP) is 1.17. The maximum Gasteiger partial charge on any atom is 0.243 e. The Morgan fingerprint density at radius 2 is 1.90 bits per heavy atom. The van der Waals surface area contributed by atoms with Gasteiger partial charge in [0, 0.05) is 7.05 Å². The molecule has 0 unspecified atom stereocenters. The molecule has 2 nitrogen and oxygen atoms in total. The maximum absolute atomic E-state index is 10.7. The average Bonchev–Trinajstić information content (AvgIpc) is 1.81. The van der Waals surface area contributed by atoms with Gasteiger partial charge in [0.05, 0.1) is 8.07 Å². The lowest BCUT2D eigenvalue weighted by molar-refractivity contribution is -0.116. The largest absolute Gasteiger partial charge is 0.356 e. The van der Waals surface area contributed by atoms with Crippen LogP contribution in [0.4, 0.5) is 0 Å². The SMILES string of the molecule is CNC(=O)/C=C/[Si](C)(C)C. The van der Waals surface area contributed by atoms with Crippen molar-refractivity contribution in [1.29, 1.82) is 0 Å². The molecule has 0 atom stereocenters. The van der Waals surface area contributed by atoms with E-state index in [0.29, 0.717) is 0 Å². The molecule has 1 N–H and O–H groups in total. The summed E-state index contributed by atoms with van der Waals surface area (Å²) in [5.41, 5.74) is 2.02. The van der Waals surface area contributed by atoms with E-state index in [1.54, 1.807) is 13.1 Å². The standard InChI is InChI=1S/C7H15NOSi/c1-8-7(9)5-6-10(2,3)4/h5-6H,1-4H3,(H,8,9)/b6-5+. The molecule has 0 radical (unpaired) electrons. The average molecular weight is 157 g/mol. The molecule has 0 heterocycles. The van der Waals surface area contributed by atoms with Crippen LogP contribution < -0.4 is 5.32 Å². The van der Waals surface area contributed by atoms with E-state index in [0.717, 1.165) is 0 Å². The Morgan fingerprint density at radius 3 is 2.20 bits per heavy atom. The van der Waals surface area contributed by atoms with E-state index in [4.69, 9.17) is 0 Å². The van der Waals surface area contributed by atoms with Crippen LogP contribution in [0.5, 0.6) is 0 Å². The van der Waals surface area contributed by atoms with Crippen LogP contribution in [0.25, 0.3) is 0 Å². The van der Waals surface area contributed by atoms with Gasteiger partial charge in [-0.05, 0) is 6.08 Å². The van der Waals surface area contributed by atoms with Crippen LogP contribution in [0, 0.1) is 0 Å². The molecule has 0 saturated heterocycles. The Morgan fingerprint density at radius 1 is 1.40 bits per heavy atom. The minimum absolute atomic E-state index is 0.0116. The normalized spacial score (nSPS) is 12.0. The van der Waals surface area contributed by atoms with E-state index in [1.165, 1.54) is 0 Å². The molecule has 0 saturated carbocycles. The molecule has 0 rings (SSSR count). The van der Waals surface area contributed by atoms with Gasteiger partial charge in [-0.1, -0.05) is 25.3 Å². The van der Waals surface area contributed by atoms with Crippen molar-refractivity contribution >= 4 is 14.0 Å². The van der Waals surface area contributed by atoms with Crippen molar-refractivity contribution in [1.82, 2.24) is 5.32 Å². The van der Waals surface area contributed by atoms with Crippen LogP contribution in [-0.2, 0) is 4.79 Å². The Hall–Kier alpha value is -0.573. The third-order valence-electron chi connectivity index (χ3n) is 0.981. The quantitative estimate of drug-likeness (QED) is 0.473. The van der Waals surface area contributed by atoms with Gasteiger partial charge in [-0.3, -0.25) is 4.79 Å². The zero-order chi connectivity index (χ0) is 8.20. The lowest BCUT2D eigenvalue weighted by Crippen LogP contribution is -2.20. The Kier molecular flexibility index (Phi) is 3.36. The van der Waals surface area contributed by atoms with Gasteiger partial charge in [0.15, 0.2) is 0 Å². The second-order valence-electron chi connectivity index (χ2n) is 3.31. The van der Waals surface area contributed by atoms with Gasteiger partial charge < -0.3 is 5.32 Å².